The van der Waals surface area contributed by atoms with E-state index in [4.69, 9.17) is 4.52 Å². The average molecular weight is 332 g/mol. The monoisotopic (exact) mass is 332 g/mol. The van der Waals surface area contributed by atoms with Crippen molar-refractivity contribution in [1.29, 1.82) is 0 Å². The van der Waals surface area contributed by atoms with Crippen LogP contribution in [0.1, 0.15) is 5.89 Å². The molecule has 118 valence electrons. The number of benzene rings is 1. The quantitative estimate of drug-likeness (QED) is 0.734. The molecule has 0 N–H and O–H groups in total. The van der Waals surface area contributed by atoms with Gasteiger partial charge in [0.2, 0.25) is 11.7 Å². The highest BCUT2D eigenvalue weighted by molar-refractivity contribution is 7.93. The van der Waals surface area contributed by atoms with Crippen LogP contribution in [0.5, 0.6) is 0 Å². The highest BCUT2D eigenvalue weighted by Crippen LogP contribution is 2.26. The van der Waals surface area contributed by atoms with Gasteiger partial charge in [0.05, 0.1) is 9.73 Å². The molecule has 3 rings (SSSR count). The van der Waals surface area contributed by atoms with Crippen molar-refractivity contribution in [2.45, 2.75) is 11.9 Å². The van der Waals surface area contributed by atoms with E-state index in [-0.39, 0.29) is 11.5 Å². The van der Waals surface area contributed by atoms with Crippen LogP contribution in [0.25, 0.3) is 11.4 Å². The van der Waals surface area contributed by atoms with Crippen LogP contribution in [0.3, 0.4) is 0 Å². The summed E-state index contributed by atoms with van der Waals surface area (Å²) >= 11 is 0. The van der Waals surface area contributed by atoms with E-state index in [0.29, 0.717) is 16.5 Å². The fourth-order valence-electron chi connectivity index (χ4n) is 1.94. The second kappa shape index (κ2) is 5.88. The largest absolute Gasteiger partial charge is 0.339 e. The Kier molecular flexibility index (Phi) is 3.91. The van der Waals surface area contributed by atoms with Gasteiger partial charge in [0.25, 0.3) is 0 Å². The molecular weight excluding hydrogens is 319 g/mol. The summed E-state index contributed by atoms with van der Waals surface area (Å²) in [4.78, 5) is 8.05. The smallest absolute Gasteiger partial charge is 0.223 e. The van der Waals surface area contributed by atoms with Crippen molar-refractivity contribution in [2.75, 3.05) is 6.26 Å². The van der Waals surface area contributed by atoms with E-state index in [1.165, 1.54) is 24.6 Å². The Balaban J connectivity index is 2.02. The SMILES string of the molecule is Cc1nc(-c2ccc(N=S(C)(=O)c3ccccn3)c(F)c2)no1. The fraction of sp³-hybridized carbons (Fsp3) is 0.133. The summed E-state index contributed by atoms with van der Waals surface area (Å²) in [7, 11) is -2.84. The highest BCUT2D eigenvalue weighted by atomic mass is 32.2. The molecule has 3 aromatic rings. The van der Waals surface area contributed by atoms with Crippen molar-refractivity contribution in [3.8, 4) is 11.4 Å². The predicted molar refractivity (Wildman–Crippen MR) is 83.1 cm³/mol. The standard InChI is InChI=1S/C15H13FN4O2S/c1-10-18-15(19-22-10)11-6-7-13(12(16)9-11)20-23(2,21)14-5-3-4-8-17-14/h3-9H,1-2H3. The van der Waals surface area contributed by atoms with Crippen LogP contribution in [0.4, 0.5) is 10.1 Å². The third kappa shape index (κ3) is 3.26. The van der Waals surface area contributed by atoms with Gasteiger partial charge < -0.3 is 4.52 Å². The molecule has 0 fully saturated rings. The lowest BCUT2D eigenvalue weighted by Crippen LogP contribution is -1.99. The molecule has 0 aliphatic heterocycles. The van der Waals surface area contributed by atoms with Crippen LogP contribution in [0, 0.1) is 12.7 Å². The van der Waals surface area contributed by atoms with E-state index in [0.717, 1.165) is 0 Å². The second-order valence-electron chi connectivity index (χ2n) is 4.86. The van der Waals surface area contributed by atoms with Gasteiger partial charge in [0.1, 0.15) is 16.5 Å². The van der Waals surface area contributed by atoms with Gasteiger partial charge in [-0.15, -0.1) is 0 Å². The van der Waals surface area contributed by atoms with Gasteiger partial charge >= 0.3 is 0 Å². The lowest BCUT2D eigenvalue weighted by atomic mass is 10.2. The third-order valence-corrected chi connectivity index (χ3v) is 4.59. The molecule has 1 unspecified atom stereocenters. The summed E-state index contributed by atoms with van der Waals surface area (Å²) in [6.45, 7) is 1.65. The van der Waals surface area contributed by atoms with Crippen molar-refractivity contribution in [3.05, 3.63) is 54.3 Å². The first-order valence-electron chi connectivity index (χ1n) is 6.69. The maximum absolute atomic E-state index is 14.3. The lowest BCUT2D eigenvalue weighted by Gasteiger charge is -2.04. The second-order valence-corrected chi connectivity index (χ2v) is 7.07. The van der Waals surface area contributed by atoms with E-state index in [2.05, 4.69) is 19.5 Å². The number of rotatable bonds is 3. The Labute approximate surface area is 132 Å². The fourth-order valence-corrected chi connectivity index (χ4v) is 3.15. The summed E-state index contributed by atoms with van der Waals surface area (Å²) in [6, 6.07) is 9.28. The summed E-state index contributed by atoms with van der Waals surface area (Å²) in [6.07, 6.45) is 2.94. The normalized spacial score (nSPS) is 13.5. The Morgan fingerprint density at radius 2 is 2.09 bits per heavy atom. The van der Waals surface area contributed by atoms with Crippen LogP contribution in [0.2, 0.25) is 0 Å². The van der Waals surface area contributed by atoms with E-state index in [1.807, 2.05) is 0 Å². The van der Waals surface area contributed by atoms with Crippen molar-refractivity contribution in [1.82, 2.24) is 15.1 Å². The molecule has 0 bridgehead atoms. The molecule has 0 aliphatic carbocycles. The summed E-state index contributed by atoms with van der Waals surface area (Å²) < 4.78 is 35.8. The number of hydrogen-bond donors (Lipinski definition) is 0. The summed E-state index contributed by atoms with van der Waals surface area (Å²) in [5, 5.41) is 4.03. The number of nitrogens with zero attached hydrogens (tertiary/aromatic N) is 4. The predicted octanol–water partition coefficient (Wildman–Crippen LogP) is 3.37. The zero-order valence-corrected chi connectivity index (χ0v) is 13.2. The van der Waals surface area contributed by atoms with E-state index in [1.54, 1.807) is 31.2 Å². The molecule has 23 heavy (non-hydrogen) atoms. The lowest BCUT2D eigenvalue weighted by molar-refractivity contribution is 0.394. The molecule has 0 saturated heterocycles. The molecule has 0 aliphatic rings. The van der Waals surface area contributed by atoms with Crippen molar-refractivity contribution in [3.63, 3.8) is 0 Å². The molecule has 2 heterocycles. The first-order valence-corrected chi connectivity index (χ1v) is 8.61. The maximum atomic E-state index is 14.3. The van der Waals surface area contributed by atoms with Crippen LogP contribution >= 0.6 is 0 Å². The molecule has 0 amide bonds. The van der Waals surface area contributed by atoms with Gasteiger partial charge in [0, 0.05) is 24.9 Å². The number of aromatic nitrogens is 3. The molecule has 1 atom stereocenters. The minimum atomic E-state index is -2.84. The van der Waals surface area contributed by atoms with Gasteiger partial charge in [-0.05, 0) is 30.3 Å². The first-order chi connectivity index (χ1) is 11.0. The molecule has 0 radical (unpaired) electrons. The number of hydrogen-bond acceptors (Lipinski definition) is 6. The minimum Gasteiger partial charge on any atom is -0.339 e. The molecule has 0 saturated carbocycles. The van der Waals surface area contributed by atoms with Crippen LogP contribution in [-0.2, 0) is 9.73 Å². The topological polar surface area (TPSA) is 81.2 Å². The first kappa shape index (κ1) is 15.3. The number of pyridine rings is 1. The molecule has 6 nitrogen and oxygen atoms in total. The number of halogens is 1. The van der Waals surface area contributed by atoms with E-state index >= 15 is 0 Å². The summed E-state index contributed by atoms with van der Waals surface area (Å²) in [5.74, 6) is 0.0614. The highest BCUT2D eigenvalue weighted by Gasteiger charge is 2.12. The average Bonchev–Trinajstić information content (AvgIpc) is 2.97. The maximum Gasteiger partial charge on any atom is 0.223 e. The van der Waals surface area contributed by atoms with Crippen LogP contribution < -0.4 is 0 Å². The van der Waals surface area contributed by atoms with Crippen LogP contribution in [0.15, 0.2) is 56.5 Å². The Bertz CT molecular complexity index is 963. The minimum absolute atomic E-state index is 0.00730. The number of aryl methyl sites for hydroxylation is 1. The Morgan fingerprint density at radius 3 is 2.70 bits per heavy atom. The van der Waals surface area contributed by atoms with Gasteiger partial charge in [-0.25, -0.2) is 13.6 Å². The van der Waals surface area contributed by atoms with Gasteiger partial charge in [-0.1, -0.05) is 11.2 Å². The Morgan fingerprint density at radius 1 is 1.26 bits per heavy atom. The van der Waals surface area contributed by atoms with E-state index < -0.39 is 15.5 Å². The molecular formula is C15H13FN4O2S. The molecule has 1 aromatic carbocycles. The molecule has 2 aromatic heterocycles. The zero-order chi connectivity index (χ0) is 16.4. The third-order valence-electron chi connectivity index (χ3n) is 3.03. The van der Waals surface area contributed by atoms with E-state index in [9.17, 15) is 8.60 Å². The molecule has 0 spiro atoms. The van der Waals surface area contributed by atoms with Crippen LogP contribution in [-0.4, -0.2) is 25.6 Å². The summed E-state index contributed by atoms with van der Waals surface area (Å²) in [5.41, 5.74) is 0.450. The van der Waals surface area contributed by atoms with Crippen molar-refractivity contribution < 1.29 is 13.1 Å². The van der Waals surface area contributed by atoms with Gasteiger partial charge in [-0.2, -0.15) is 9.35 Å². The van der Waals surface area contributed by atoms with Crippen molar-refractivity contribution in [2.24, 2.45) is 4.36 Å². The van der Waals surface area contributed by atoms with Gasteiger partial charge in [0.15, 0.2) is 0 Å². The molecule has 8 heteroatoms. The zero-order valence-electron chi connectivity index (χ0n) is 12.4. The van der Waals surface area contributed by atoms with Crippen molar-refractivity contribution >= 4 is 15.4 Å². The Hall–Kier alpha value is -2.61. The van der Waals surface area contributed by atoms with Gasteiger partial charge in [-0.3, -0.25) is 0 Å².